The molecular formula is C13H15BrN4O2. The van der Waals surface area contributed by atoms with E-state index in [0.29, 0.717) is 17.1 Å². The second-order valence-corrected chi connectivity index (χ2v) is 6.17. The third-order valence-electron chi connectivity index (χ3n) is 2.39. The average Bonchev–Trinajstić information content (AvgIpc) is 2.70. The standard InChI is InChI=1S/C13H15BrN4O2/c1-13(2,3)20-12(19)10-9(7-17-18(10)4)11-15-5-8(14)6-16-11/h5-7H,1-4H3. The van der Waals surface area contributed by atoms with Crippen LogP contribution in [0.25, 0.3) is 11.4 Å². The van der Waals surface area contributed by atoms with Gasteiger partial charge in [0, 0.05) is 19.4 Å². The highest BCUT2D eigenvalue weighted by Gasteiger charge is 2.25. The summed E-state index contributed by atoms with van der Waals surface area (Å²) in [5, 5.41) is 4.09. The maximum atomic E-state index is 12.3. The van der Waals surface area contributed by atoms with Crippen LogP contribution in [-0.2, 0) is 11.8 Å². The highest BCUT2D eigenvalue weighted by molar-refractivity contribution is 9.10. The van der Waals surface area contributed by atoms with Gasteiger partial charge in [-0.25, -0.2) is 14.8 Å². The van der Waals surface area contributed by atoms with Gasteiger partial charge in [-0.1, -0.05) is 0 Å². The first-order valence-electron chi connectivity index (χ1n) is 6.01. The maximum absolute atomic E-state index is 12.3. The quantitative estimate of drug-likeness (QED) is 0.787. The van der Waals surface area contributed by atoms with Gasteiger partial charge in [0.25, 0.3) is 0 Å². The van der Waals surface area contributed by atoms with Crippen LogP contribution in [0.4, 0.5) is 0 Å². The molecule has 20 heavy (non-hydrogen) atoms. The molecule has 6 nitrogen and oxygen atoms in total. The first-order chi connectivity index (χ1) is 9.28. The normalized spacial score (nSPS) is 11.4. The molecule has 0 saturated carbocycles. The van der Waals surface area contributed by atoms with Crippen molar-refractivity contribution in [2.24, 2.45) is 7.05 Å². The molecule has 2 aromatic rings. The zero-order valence-electron chi connectivity index (χ0n) is 11.7. The van der Waals surface area contributed by atoms with Crippen LogP contribution in [0.15, 0.2) is 23.1 Å². The van der Waals surface area contributed by atoms with Crippen molar-refractivity contribution >= 4 is 21.9 Å². The molecule has 0 amide bonds. The van der Waals surface area contributed by atoms with Gasteiger partial charge in [0.15, 0.2) is 11.5 Å². The van der Waals surface area contributed by atoms with Crippen molar-refractivity contribution < 1.29 is 9.53 Å². The molecule has 0 aliphatic rings. The minimum Gasteiger partial charge on any atom is -0.455 e. The number of esters is 1. The van der Waals surface area contributed by atoms with E-state index in [-0.39, 0.29) is 0 Å². The number of hydrogen-bond donors (Lipinski definition) is 0. The van der Waals surface area contributed by atoms with Crippen molar-refractivity contribution in [1.82, 2.24) is 19.7 Å². The van der Waals surface area contributed by atoms with Crippen LogP contribution in [0.5, 0.6) is 0 Å². The minimum absolute atomic E-state index is 0.335. The number of halogens is 1. The van der Waals surface area contributed by atoms with E-state index in [9.17, 15) is 4.79 Å². The number of aryl methyl sites for hydroxylation is 1. The van der Waals surface area contributed by atoms with Gasteiger partial charge in [-0.2, -0.15) is 5.10 Å². The predicted octanol–water partition coefficient (Wildman–Crippen LogP) is 2.59. The first-order valence-corrected chi connectivity index (χ1v) is 6.80. The van der Waals surface area contributed by atoms with Gasteiger partial charge in [-0.3, -0.25) is 4.68 Å². The van der Waals surface area contributed by atoms with Crippen molar-refractivity contribution in [1.29, 1.82) is 0 Å². The van der Waals surface area contributed by atoms with E-state index in [1.54, 1.807) is 25.6 Å². The lowest BCUT2D eigenvalue weighted by Gasteiger charge is -2.19. The van der Waals surface area contributed by atoms with Crippen molar-refractivity contribution in [2.45, 2.75) is 26.4 Å². The topological polar surface area (TPSA) is 69.9 Å². The summed E-state index contributed by atoms with van der Waals surface area (Å²) in [5.74, 6) is -0.0128. The molecule has 0 aliphatic carbocycles. The SMILES string of the molecule is Cn1ncc(-c2ncc(Br)cn2)c1C(=O)OC(C)(C)C. The Hall–Kier alpha value is -1.76. The summed E-state index contributed by atoms with van der Waals surface area (Å²) >= 11 is 3.27. The molecule has 106 valence electrons. The Balaban J connectivity index is 2.42. The highest BCUT2D eigenvalue weighted by atomic mass is 79.9. The molecule has 2 aromatic heterocycles. The molecule has 0 unspecified atom stereocenters. The van der Waals surface area contributed by atoms with E-state index in [2.05, 4.69) is 31.0 Å². The van der Waals surface area contributed by atoms with Crippen molar-refractivity contribution in [2.75, 3.05) is 0 Å². The number of rotatable bonds is 2. The van der Waals surface area contributed by atoms with Crippen molar-refractivity contribution in [3.8, 4) is 11.4 Å². The van der Waals surface area contributed by atoms with E-state index >= 15 is 0 Å². The fourth-order valence-corrected chi connectivity index (χ4v) is 1.83. The Bertz CT molecular complexity index is 629. The van der Waals surface area contributed by atoms with E-state index in [0.717, 1.165) is 4.47 Å². The van der Waals surface area contributed by atoms with Crippen LogP contribution in [-0.4, -0.2) is 31.3 Å². The van der Waals surface area contributed by atoms with E-state index < -0.39 is 11.6 Å². The van der Waals surface area contributed by atoms with Crippen LogP contribution < -0.4 is 0 Å². The van der Waals surface area contributed by atoms with Crippen molar-refractivity contribution in [3.63, 3.8) is 0 Å². The second-order valence-electron chi connectivity index (χ2n) is 5.26. The largest absolute Gasteiger partial charge is 0.455 e. The Morgan fingerprint density at radius 1 is 1.25 bits per heavy atom. The molecule has 2 rings (SSSR count). The zero-order chi connectivity index (χ0) is 14.9. The monoisotopic (exact) mass is 338 g/mol. The van der Waals surface area contributed by atoms with Gasteiger partial charge in [0.2, 0.25) is 0 Å². The van der Waals surface area contributed by atoms with Gasteiger partial charge in [-0.05, 0) is 36.7 Å². The zero-order valence-corrected chi connectivity index (χ0v) is 13.3. The summed E-state index contributed by atoms with van der Waals surface area (Å²) in [4.78, 5) is 20.6. The lowest BCUT2D eigenvalue weighted by atomic mass is 10.2. The van der Waals surface area contributed by atoms with Crippen LogP contribution in [0.2, 0.25) is 0 Å². The Kier molecular flexibility index (Phi) is 3.89. The van der Waals surface area contributed by atoms with Crippen LogP contribution in [0.3, 0.4) is 0 Å². The van der Waals surface area contributed by atoms with Crippen molar-refractivity contribution in [3.05, 3.63) is 28.8 Å². The Morgan fingerprint density at radius 2 is 1.85 bits per heavy atom. The van der Waals surface area contributed by atoms with Gasteiger partial charge in [0.05, 0.1) is 16.2 Å². The molecule has 7 heteroatoms. The fraction of sp³-hybridized carbons (Fsp3) is 0.385. The summed E-state index contributed by atoms with van der Waals surface area (Å²) in [6.45, 7) is 5.45. The lowest BCUT2D eigenvalue weighted by molar-refractivity contribution is 0.00584. The summed E-state index contributed by atoms with van der Waals surface area (Å²) in [7, 11) is 1.68. The van der Waals surface area contributed by atoms with E-state index in [4.69, 9.17) is 4.74 Å². The highest BCUT2D eigenvalue weighted by Crippen LogP contribution is 2.22. The molecule has 0 atom stereocenters. The van der Waals surface area contributed by atoms with Crippen LogP contribution in [0, 0.1) is 0 Å². The Labute approximate surface area is 125 Å². The van der Waals surface area contributed by atoms with Gasteiger partial charge in [-0.15, -0.1) is 0 Å². The number of hydrogen-bond acceptors (Lipinski definition) is 5. The smallest absolute Gasteiger partial charge is 0.357 e. The number of carbonyl (C=O) groups is 1. The molecule has 0 saturated heterocycles. The number of aromatic nitrogens is 4. The van der Waals surface area contributed by atoms with E-state index in [1.165, 1.54) is 4.68 Å². The molecule has 0 fully saturated rings. The molecule has 0 bridgehead atoms. The molecule has 2 heterocycles. The Morgan fingerprint density at radius 3 is 2.40 bits per heavy atom. The van der Waals surface area contributed by atoms with Gasteiger partial charge in [0.1, 0.15) is 5.60 Å². The number of nitrogens with zero attached hydrogens (tertiary/aromatic N) is 4. The minimum atomic E-state index is -0.570. The summed E-state index contributed by atoms with van der Waals surface area (Å²) in [6.07, 6.45) is 4.80. The molecule has 0 spiro atoms. The predicted molar refractivity (Wildman–Crippen MR) is 77.1 cm³/mol. The number of carbonyl (C=O) groups excluding carboxylic acids is 1. The summed E-state index contributed by atoms with van der Waals surface area (Å²) in [6, 6.07) is 0. The number of ether oxygens (including phenoxy) is 1. The lowest BCUT2D eigenvalue weighted by Crippen LogP contribution is -2.25. The average molecular weight is 339 g/mol. The van der Waals surface area contributed by atoms with Crippen LogP contribution >= 0.6 is 15.9 Å². The van der Waals surface area contributed by atoms with Gasteiger partial charge < -0.3 is 4.74 Å². The van der Waals surface area contributed by atoms with Crippen LogP contribution in [0.1, 0.15) is 31.3 Å². The summed E-state index contributed by atoms with van der Waals surface area (Å²) in [5.41, 5.74) is 0.315. The summed E-state index contributed by atoms with van der Waals surface area (Å²) < 4.78 is 7.62. The second kappa shape index (κ2) is 5.32. The third-order valence-corrected chi connectivity index (χ3v) is 2.80. The van der Waals surface area contributed by atoms with E-state index in [1.807, 2.05) is 20.8 Å². The first kappa shape index (κ1) is 14.6. The van der Waals surface area contributed by atoms with Gasteiger partial charge >= 0.3 is 5.97 Å². The molecule has 0 aromatic carbocycles. The maximum Gasteiger partial charge on any atom is 0.357 e. The fourth-order valence-electron chi connectivity index (χ4n) is 1.62. The molecular weight excluding hydrogens is 324 g/mol. The molecule has 0 radical (unpaired) electrons. The molecule has 0 N–H and O–H groups in total. The third kappa shape index (κ3) is 3.22. The molecule has 0 aliphatic heterocycles.